The fraction of sp³-hybridized carbons (Fsp3) is 0.227. The minimum absolute atomic E-state index is 0.158. The van der Waals surface area contributed by atoms with Crippen LogP contribution in [0.1, 0.15) is 39.2 Å². The van der Waals surface area contributed by atoms with Crippen LogP contribution in [0.25, 0.3) is 0 Å². The SMILES string of the molecule is COc1ccc(C(=O)c2cccc(C(C)S(=O)(=O)N(C)c3ccc[nH]3)c2)c(C)c1. The second-order valence-corrected chi connectivity index (χ2v) is 9.13. The summed E-state index contributed by atoms with van der Waals surface area (Å²) in [6, 6.07) is 15.5. The highest BCUT2D eigenvalue weighted by Gasteiger charge is 2.28. The van der Waals surface area contributed by atoms with Gasteiger partial charge in [-0.25, -0.2) is 8.42 Å². The summed E-state index contributed by atoms with van der Waals surface area (Å²) in [6.45, 7) is 3.47. The van der Waals surface area contributed by atoms with Crippen LogP contribution in [0.4, 0.5) is 5.82 Å². The zero-order valence-electron chi connectivity index (χ0n) is 16.8. The van der Waals surface area contributed by atoms with Crippen molar-refractivity contribution in [2.75, 3.05) is 18.5 Å². The summed E-state index contributed by atoms with van der Waals surface area (Å²) in [5.41, 5.74) is 2.36. The normalized spacial score (nSPS) is 12.4. The third-order valence-corrected chi connectivity index (χ3v) is 7.17. The van der Waals surface area contributed by atoms with E-state index in [1.165, 1.54) is 11.4 Å². The van der Waals surface area contributed by atoms with E-state index in [1.807, 2.05) is 6.92 Å². The molecule has 0 fully saturated rings. The molecule has 3 rings (SSSR count). The fourth-order valence-electron chi connectivity index (χ4n) is 3.17. The van der Waals surface area contributed by atoms with Gasteiger partial charge in [0.2, 0.25) is 10.0 Å². The number of benzene rings is 2. The maximum absolute atomic E-state index is 13.0. The Labute approximate surface area is 171 Å². The number of aryl methyl sites for hydroxylation is 1. The number of hydrogen-bond acceptors (Lipinski definition) is 4. The number of anilines is 1. The van der Waals surface area contributed by atoms with Crippen molar-refractivity contribution < 1.29 is 17.9 Å². The molecular weight excluding hydrogens is 388 g/mol. The Balaban J connectivity index is 1.92. The van der Waals surface area contributed by atoms with Gasteiger partial charge in [-0.1, -0.05) is 18.2 Å². The van der Waals surface area contributed by atoms with E-state index in [0.29, 0.717) is 28.3 Å². The molecule has 7 heteroatoms. The van der Waals surface area contributed by atoms with E-state index in [9.17, 15) is 13.2 Å². The zero-order valence-corrected chi connectivity index (χ0v) is 17.7. The van der Waals surface area contributed by atoms with Gasteiger partial charge in [0, 0.05) is 24.4 Å². The number of carbonyl (C=O) groups excluding carboxylic acids is 1. The van der Waals surface area contributed by atoms with E-state index >= 15 is 0 Å². The fourth-order valence-corrected chi connectivity index (χ4v) is 4.52. The summed E-state index contributed by atoms with van der Waals surface area (Å²) in [4.78, 5) is 15.9. The highest BCUT2D eigenvalue weighted by molar-refractivity contribution is 7.93. The molecule has 152 valence electrons. The molecule has 29 heavy (non-hydrogen) atoms. The number of hydrogen-bond donors (Lipinski definition) is 1. The van der Waals surface area contributed by atoms with Crippen molar-refractivity contribution >= 4 is 21.6 Å². The molecule has 1 atom stereocenters. The van der Waals surface area contributed by atoms with Crippen molar-refractivity contribution in [2.24, 2.45) is 0 Å². The molecule has 0 bridgehead atoms. The Kier molecular flexibility index (Phi) is 5.79. The van der Waals surface area contributed by atoms with Crippen LogP contribution >= 0.6 is 0 Å². The van der Waals surface area contributed by atoms with Crippen molar-refractivity contribution in [3.63, 3.8) is 0 Å². The Morgan fingerprint density at radius 1 is 1.10 bits per heavy atom. The van der Waals surface area contributed by atoms with Crippen LogP contribution in [0.15, 0.2) is 60.8 Å². The van der Waals surface area contributed by atoms with Gasteiger partial charge in [0.1, 0.15) is 16.8 Å². The topological polar surface area (TPSA) is 79.5 Å². The van der Waals surface area contributed by atoms with Gasteiger partial charge in [-0.05, 0) is 61.4 Å². The Hall–Kier alpha value is -3.06. The number of H-pyrrole nitrogens is 1. The Bertz CT molecular complexity index is 1120. The maximum atomic E-state index is 13.0. The highest BCUT2D eigenvalue weighted by atomic mass is 32.2. The van der Waals surface area contributed by atoms with Crippen molar-refractivity contribution in [3.8, 4) is 5.75 Å². The van der Waals surface area contributed by atoms with E-state index in [0.717, 1.165) is 5.56 Å². The molecule has 2 aromatic carbocycles. The molecule has 3 aromatic rings. The van der Waals surface area contributed by atoms with Crippen molar-refractivity contribution in [1.29, 1.82) is 0 Å². The number of ketones is 1. The van der Waals surface area contributed by atoms with E-state index in [-0.39, 0.29) is 5.78 Å². The predicted octanol–water partition coefficient (Wildman–Crippen LogP) is 4.09. The van der Waals surface area contributed by atoms with Crippen LogP contribution in [0.2, 0.25) is 0 Å². The molecule has 0 aliphatic carbocycles. The van der Waals surface area contributed by atoms with Gasteiger partial charge in [-0.3, -0.25) is 9.10 Å². The Morgan fingerprint density at radius 2 is 1.86 bits per heavy atom. The lowest BCUT2D eigenvalue weighted by Crippen LogP contribution is -2.30. The second-order valence-electron chi connectivity index (χ2n) is 6.85. The molecule has 0 spiro atoms. The van der Waals surface area contributed by atoms with Gasteiger partial charge < -0.3 is 9.72 Å². The molecule has 1 unspecified atom stereocenters. The standard InChI is InChI=1S/C22H24N2O4S/c1-15-13-19(28-4)10-11-20(15)22(25)18-8-5-7-17(14-18)16(2)29(26,27)24(3)21-9-6-12-23-21/h5-14,16,23H,1-4H3. The number of sulfonamides is 1. The minimum atomic E-state index is -3.67. The minimum Gasteiger partial charge on any atom is -0.497 e. The summed E-state index contributed by atoms with van der Waals surface area (Å²) in [5.74, 6) is 1.01. The van der Waals surface area contributed by atoms with Crippen LogP contribution in [0.3, 0.4) is 0 Å². The first-order valence-corrected chi connectivity index (χ1v) is 10.7. The van der Waals surface area contributed by atoms with Gasteiger partial charge in [0.25, 0.3) is 0 Å². The van der Waals surface area contributed by atoms with Crippen LogP contribution in [0, 0.1) is 6.92 Å². The van der Waals surface area contributed by atoms with Gasteiger partial charge in [0.05, 0.1) is 7.11 Å². The molecule has 0 radical (unpaired) electrons. The molecule has 6 nitrogen and oxygen atoms in total. The van der Waals surface area contributed by atoms with E-state index in [4.69, 9.17) is 4.74 Å². The maximum Gasteiger partial charge on any atom is 0.242 e. The van der Waals surface area contributed by atoms with Gasteiger partial charge in [-0.2, -0.15) is 0 Å². The van der Waals surface area contributed by atoms with Gasteiger partial charge in [0.15, 0.2) is 5.78 Å². The first kappa shape index (κ1) is 20.7. The lowest BCUT2D eigenvalue weighted by atomic mass is 9.97. The number of ether oxygens (including phenoxy) is 1. The van der Waals surface area contributed by atoms with Crippen LogP contribution in [-0.2, 0) is 10.0 Å². The number of aromatic nitrogens is 1. The molecule has 0 amide bonds. The van der Waals surface area contributed by atoms with Crippen LogP contribution in [-0.4, -0.2) is 33.3 Å². The number of carbonyl (C=O) groups is 1. The average molecular weight is 413 g/mol. The van der Waals surface area contributed by atoms with Crippen molar-refractivity contribution in [3.05, 3.63) is 83.0 Å². The predicted molar refractivity (Wildman–Crippen MR) is 114 cm³/mol. The summed E-state index contributed by atoms with van der Waals surface area (Å²) < 4.78 is 32.4. The van der Waals surface area contributed by atoms with E-state index < -0.39 is 15.3 Å². The zero-order chi connectivity index (χ0) is 21.2. The third-order valence-electron chi connectivity index (χ3n) is 5.05. The third kappa shape index (κ3) is 4.05. The lowest BCUT2D eigenvalue weighted by molar-refractivity contribution is 0.103. The summed E-state index contributed by atoms with van der Waals surface area (Å²) >= 11 is 0. The number of methoxy groups -OCH3 is 1. The number of nitrogens with zero attached hydrogens (tertiary/aromatic N) is 1. The van der Waals surface area contributed by atoms with Gasteiger partial charge >= 0.3 is 0 Å². The number of nitrogens with one attached hydrogen (secondary N) is 1. The molecule has 0 aliphatic rings. The van der Waals surface area contributed by atoms with Gasteiger partial charge in [-0.15, -0.1) is 0 Å². The number of aromatic amines is 1. The summed E-state index contributed by atoms with van der Waals surface area (Å²) in [6.07, 6.45) is 1.67. The van der Waals surface area contributed by atoms with Crippen molar-refractivity contribution in [2.45, 2.75) is 19.1 Å². The molecule has 1 aromatic heterocycles. The average Bonchev–Trinajstić information content (AvgIpc) is 3.26. The van der Waals surface area contributed by atoms with E-state index in [2.05, 4.69) is 4.98 Å². The van der Waals surface area contributed by atoms with Crippen LogP contribution in [0.5, 0.6) is 5.75 Å². The number of rotatable bonds is 7. The largest absolute Gasteiger partial charge is 0.497 e. The molecular formula is C22H24N2O4S. The first-order valence-electron chi connectivity index (χ1n) is 9.16. The summed E-state index contributed by atoms with van der Waals surface area (Å²) in [7, 11) is -0.582. The van der Waals surface area contributed by atoms with Crippen LogP contribution < -0.4 is 9.04 Å². The monoisotopic (exact) mass is 412 g/mol. The molecule has 0 aliphatic heterocycles. The first-order chi connectivity index (χ1) is 13.8. The smallest absolute Gasteiger partial charge is 0.242 e. The highest BCUT2D eigenvalue weighted by Crippen LogP contribution is 2.29. The lowest BCUT2D eigenvalue weighted by Gasteiger charge is -2.23. The Morgan fingerprint density at radius 3 is 2.48 bits per heavy atom. The molecule has 1 heterocycles. The summed E-state index contributed by atoms with van der Waals surface area (Å²) in [5, 5.41) is -0.819. The molecule has 0 saturated heterocycles. The molecule has 0 saturated carbocycles. The van der Waals surface area contributed by atoms with E-state index in [1.54, 1.807) is 74.8 Å². The quantitative estimate of drug-likeness (QED) is 0.593. The second kappa shape index (κ2) is 8.13. The molecule has 1 N–H and O–H groups in total. The van der Waals surface area contributed by atoms with Crippen molar-refractivity contribution in [1.82, 2.24) is 4.98 Å².